The molecule has 2 rings (SSSR count). The predicted octanol–water partition coefficient (Wildman–Crippen LogP) is 2.53. The van der Waals surface area contributed by atoms with Gasteiger partial charge in [0.25, 0.3) is 0 Å². The Morgan fingerprint density at radius 1 is 1.35 bits per heavy atom. The molecule has 23 heavy (non-hydrogen) atoms. The molecule has 9 heteroatoms. The molecule has 122 valence electrons. The topological polar surface area (TPSA) is 101 Å². The van der Waals surface area contributed by atoms with E-state index >= 15 is 0 Å². The van der Waals surface area contributed by atoms with Gasteiger partial charge in [-0.05, 0) is 31.0 Å². The third kappa shape index (κ3) is 3.91. The maximum atomic E-state index is 12.9. The van der Waals surface area contributed by atoms with Gasteiger partial charge in [-0.2, -0.15) is 23.5 Å². The van der Waals surface area contributed by atoms with E-state index in [2.05, 4.69) is 10.5 Å². The van der Waals surface area contributed by atoms with Crippen molar-refractivity contribution in [3.63, 3.8) is 0 Å². The van der Waals surface area contributed by atoms with E-state index in [0.29, 0.717) is 5.69 Å². The molecule has 1 aliphatic heterocycles. The highest BCUT2D eigenvalue weighted by molar-refractivity contribution is 6.45. The fourth-order valence-electron chi connectivity index (χ4n) is 2.30. The van der Waals surface area contributed by atoms with Gasteiger partial charge >= 0.3 is 6.18 Å². The zero-order valence-electron chi connectivity index (χ0n) is 12.1. The summed E-state index contributed by atoms with van der Waals surface area (Å²) in [5.41, 5.74) is 7.09. The van der Waals surface area contributed by atoms with E-state index in [1.165, 1.54) is 6.07 Å². The van der Waals surface area contributed by atoms with Crippen molar-refractivity contribution in [1.82, 2.24) is 0 Å². The first-order valence-corrected chi connectivity index (χ1v) is 6.87. The van der Waals surface area contributed by atoms with Crippen LogP contribution in [0.1, 0.15) is 18.4 Å². The second-order valence-corrected chi connectivity index (χ2v) is 5.02. The number of benzene rings is 1. The summed E-state index contributed by atoms with van der Waals surface area (Å²) in [6.07, 6.45) is -2.57. The van der Waals surface area contributed by atoms with Crippen LogP contribution < -0.4 is 16.1 Å². The second-order valence-electron chi connectivity index (χ2n) is 5.02. The van der Waals surface area contributed by atoms with Crippen LogP contribution in [0.5, 0.6) is 0 Å². The number of amidine groups is 1. The van der Waals surface area contributed by atoms with Crippen LogP contribution in [-0.2, 0) is 6.18 Å². The molecule has 1 aliphatic rings. The van der Waals surface area contributed by atoms with Gasteiger partial charge in [0.05, 0.1) is 16.9 Å². The van der Waals surface area contributed by atoms with Gasteiger partial charge in [-0.15, -0.1) is 0 Å². The lowest BCUT2D eigenvalue weighted by molar-refractivity contribution is -0.137. The number of nitriles is 1. The zero-order valence-corrected chi connectivity index (χ0v) is 12.1. The minimum absolute atomic E-state index is 0.121. The number of rotatable bonds is 4. The van der Waals surface area contributed by atoms with E-state index < -0.39 is 23.3 Å². The van der Waals surface area contributed by atoms with Crippen molar-refractivity contribution in [2.45, 2.75) is 19.0 Å². The molecule has 6 nitrogen and oxygen atoms in total. The van der Waals surface area contributed by atoms with Crippen LogP contribution in [-0.4, -0.2) is 24.6 Å². The average molecular weight is 324 g/mol. The molecule has 0 aromatic heterocycles. The van der Waals surface area contributed by atoms with Crippen molar-refractivity contribution in [2.24, 2.45) is 10.8 Å². The van der Waals surface area contributed by atoms with E-state index in [0.717, 1.165) is 38.1 Å². The lowest BCUT2D eigenvalue weighted by Gasteiger charge is -2.22. The smallest absolute Gasteiger partial charge is 0.382 e. The van der Waals surface area contributed by atoms with Gasteiger partial charge in [-0.1, -0.05) is 0 Å². The van der Waals surface area contributed by atoms with Gasteiger partial charge in [0.15, 0.2) is 5.84 Å². The highest BCUT2D eigenvalue weighted by Gasteiger charge is 2.31. The summed E-state index contributed by atoms with van der Waals surface area (Å²) in [7, 11) is 0. The molecule has 1 fully saturated rings. The first-order valence-electron chi connectivity index (χ1n) is 6.87. The Labute approximate surface area is 130 Å². The summed E-state index contributed by atoms with van der Waals surface area (Å²) >= 11 is 0. The summed E-state index contributed by atoms with van der Waals surface area (Å²) in [5, 5.41) is 19.6. The molecule has 0 bridgehead atoms. The van der Waals surface area contributed by atoms with Crippen LogP contribution in [0.4, 0.5) is 24.5 Å². The highest BCUT2D eigenvalue weighted by atomic mass is 19.4. The van der Waals surface area contributed by atoms with Crippen LogP contribution in [0.2, 0.25) is 0 Å². The largest absolute Gasteiger partial charge is 0.416 e. The van der Waals surface area contributed by atoms with E-state index in [9.17, 15) is 13.2 Å². The van der Waals surface area contributed by atoms with Gasteiger partial charge in [0, 0.05) is 13.1 Å². The Bertz CT molecular complexity index is 668. The van der Waals surface area contributed by atoms with Crippen LogP contribution >= 0.6 is 0 Å². The molecule has 0 saturated carbocycles. The Hall–Kier alpha value is -2.76. The minimum atomic E-state index is -4.48. The lowest BCUT2D eigenvalue weighted by atomic mass is 10.1. The van der Waals surface area contributed by atoms with Crippen LogP contribution in [0.25, 0.3) is 0 Å². The maximum Gasteiger partial charge on any atom is 0.416 e. The Kier molecular flexibility index (Phi) is 4.74. The van der Waals surface area contributed by atoms with Crippen LogP contribution in [0.3, 0.4) is 0 Å². The van der Waals surface area contributed by atoms with Crippen molar-refractivity contribution in [2.75, 3.05) is 23.4 Å². The Morgan fingerprint density at radius 3 is 2.52 bits per heavy atom. The molecule has 1 aromatic carbocycles. The van der Waals surface area contributed by atoms with Gasteiger partial charge in [0.2, 0.25) is 5.71 Å². The molecule has 0 spiro atoms. The standard InChI is InChI=1S/C14H15F3N6/c15-14(16,17)9-3-4-12(23-5-1-2-6-23)10(7-9)21-22-11(8-18)13(19)20/h3-4,7,21H,1-2,5-6H2,(H3,19,20)/b22-11+. The lowest BCUT2D eigenvalue weighted by Crippen LogP contribution is -2.23. The molecule has 1 aromatic rings. The van der Waals surface area contributed by atoms with Gasteiger partial charge in [0.1, 0.15) is 6.07 Å². The summed E-state index contributed by atoms with van der Waals surface area (Å²) in [4.78, 5) is 1.94. The molecular weight excluding hydrogens is 309 g/mol. The Morgan fingerprint density at radius 2 is 2.00 bits per heavy atom. The predicted molar refractivity (Wildman–Crippen MR) is 81.5 cm³/mol. The van der Waals surface area contributed by atoms with E-state index in [1.807, 2.05) is 4.90 Å². The fraction of sp³-hybridized carbons (Fsp3) is 0.357. The summed E-state index contributed by atoms with van der Waals surface area (Å²) in [6, 6.07) is 4.94. The average Bonchev–Trinajstić information content (AvgIpc) is 3.00. The number of hydrogen-bond acceptors (Lipinski definition) is 5. The summed E-state index contributed by atoms with van der Waals surface area (Å²) in [5.74, 6) is -0.560. The number of anilines is 2. The third-order valence-electron chi connectivity index (χ3n) is 3.42. The minimum Gasteiger partial charge on any atom is -0.382 e. The number of alkyl halides is 3. The van der Waals surface area contributed by atoms with E-state index in [4.69, 9.17) is 16.4 Å². The fourth-order valence-corrected chi connectivity index (χ4v) is 2.30. The van der Waals surface area contributed by atoms with Gasteiger partial charge in [-0.25, -0.2) is 0 Å². The quantitative estimate of drug-likeness (QED) is 0.450. The summed E-state index contributed by atoms with van der Waals surface area (Å²) in [6.45, 7) is 1.48. The van der Waals surface area contributed by atoms with Crippen molar-refractivity contribution in [1.29, 1.82) is 10.7 Å². The summed E-state index contributed by atoms with van der Waals surface area (Å²) < 4.78 is 38.7. The molecule has 0 aliphatic carbocycles. The van der Waals surface area contributed by atoms with Crippen molar-refractivity contribution < 1.29 is 13.2 Å². The number of nitrogens with two attached hydrogens (primary N) is 1. The number of nitrogens with zero attached hydrogens (tertiary/aromatic N) is 3. The molecule has 0 radical (unpaired) electrons. The second kappa shape index (κ2) is 6.56. The zero-order chi connectivity index (χ0) is 17.0. The molecule has 0 unspecified atom stereocenters. The molecule has 0 atom stereocenters. The SMILES string of the molecule is N#C/C(=N\Nc1cc(C(F)(F)F)ccc1N1CCCC1)C(=N)N. The molecule has 4 N–H and O–H groups in total. The van der Waals surface area contributed by atoms with Crippen LogP contribution in [0, 0.1) is 16.7 Å². The van der Waals surface area contributed by atoms with Gasteiger partial charge < -0.3 is 10.6 Å². The first kappa shape index (κ1) is 16.6. The third-order valence-corrected chi connectivity index (χ3v) is 3.42. The molecule has 0 amide bonds. The van der Waals surface area contributed by atoms with E-state index in [-0.39, 0.29) is 5.69 Å². The maximum absolute atomic E-state index is 12.9. The number of hydrogen-bond donors (Lipinski definition) is 3. The number of halogens is 3. The molecule has 1 heterocycles. The van der Waals surface area contributed by atoms with Crippen molar-refractivity contribution in [3.8, 4) is 6.07 Å². The number of nitrogens with one attached hydrogen (secondary N) is 2. The van der Waals surface area contributed by atoms with Gasteiger partial charge in [-0.3, -0.25) is 10.8 Å². The molecule has 1 saturated heterocycles. The van der Waals surface area contributed by atoms with E-state index in [1.54, 1.807) is 6.07 Å². The monoisotopic (exact) mass is 324 g/mol. The van der Waals surface area contributed by atoms with Crippen LogP contribution in [0.15, 0.2) is 23.3 Å². The van der Waals surface area contributed by atoms with Crippen molar-refractivity contribution in [3.05, 3.63) is 23.8 Å². The first-order chi connectivity index (χ1) is 10.8. The normalized spacial score (nSPS) is 15.4. The highest BCUT2D eigenvalue weighted by Crippen LogP contribution is 2.36. The Balaban J connectivity index is 2.40. The van der Waals surface area contributed by atoms with Crippen molar-refractivity contribution >= 4 is 22.9 Å². The molecular formula is C14H15F3N6. The number of hydrazone groups is 1.